The van der Waals surface area contributed by atoms with Gasteiger partial charge in [-0.3, -0.25) is 0 Å². The van der Waals surface area contributed by atoms with Crippen LogP contribution in [0.5, 0.6) is 0 Å². The van der Waals surface area contributed by atoms with E-state index in [2.05, 4.69) is 13.8 Å². The minimum atomic E-state index is -1.87. The molecular formula is C22H46O5. The first kappa shape index (κ1) is 26.8. The fourth-order valence-corrected chi connectivity index (χ4v) is 4.26. The molecule has 0 fully saturated rings. The van der Waals surface area contributed by atoms with Gasteiger partial charge in [-0.25, -0.2) is 0 Å². The monoisotopic (exact) mass is 390 g/mol. The first-order valence-corrected chi connectivity index (χ1v) is 11.2. The van der Waals surface area contributed by atoms with Gasteiger partial charge in [0, 0.05) is 6.42 Å². The van der Waals surface area contributed by atoms with Gasteiger partial charge in [0.15, 0.2) is 0 Å². The molecule has 0 saturated carbocycles. The zero-order chi connectivity index (χ0) is 21.0. The first-order valence-electron chi connectivity index (χ1n) is 11.2. The number of unbranched alkanes of at least 4 members (excludes halogenated alkanes) is 6. The second kappa shape index (κ2) is 13.1. The fraction of sp³-hybridized carbons (Fsp3) is 1.00. The van der Waals surface area contributed by atoms with Crippen molar-refractivity contribution >= 4 is 0 Å². The van der Waals surface area contributed by atoms with Gasteiger partial charge in [0.05, 0.1) is 23.9 Å². The van der Waals surface area contributed by atoms with Crippen LogP contribution in [0.4, 0.5) is 0 Å². The standard InChI is InChI=1S/C22H46O5/c1-5-9-11-13-15-20(25,7-3)22(27,17-19(24)18-23)21(26,8-4)16-14-12-10-6-2/h19,23-27H,5-18H2,1-4H3. The molecule has 5 N–H and O–H groups in total. The molecule has 0 aliphatic carbocycles. The van der Waals surface area contributed by atoms with Crippen LogP contribution in [0.2, 0.25) is 0 Å². The number of rotatable bonds is 17. The van der Waals surface area contributed by atoms with Crippen molar-refractivity contribution in [2.45, 2.75) is 134 Å². The van der Waals surface area contributed by atoms with Gasteiger partial charge in [0.25, 0.3) is 0 Å². The summed E-state index contributed by atoms with van der Waals surface area (Å²) in [6.07, 6.45) is 7.59. The molecule has 0 spiro atoms. The highest BCUT2D eigenvalue weighted by Crippen LogP contribution is 2.46. The van der Waals surface area contributed by atoms with E-state index >= 15 is 0 Å². The Hall–Kier alpha value is -0.200. The topological polar surface area (TPSA) is 101 Å². The molecule has 0 aromatic heterocycles. The average Bonchev–Trinajstić information content (AvgIpc) is 2.67. The highest BCUT2D eigenvalue weighted by atomic mass is 16.4. The van der Waals surface area contributed by atoms with Crippen molar-refractivity contribution in [2.75, 3.05) is 6.61 Å². The van der Waals surface area contributed by atoms with Crippen molar-refractivity contribution in [3.05, 3.63) is 0 Å². The van der Waals surface area contributed by atoms with E-state index in [9.17, 15) is 25.5 Å². The Morgan fingerprint density at radius 3 is 1.37 bits per heavy atom. The van der Waals surface area contributed by atoms with Gasteiger partial charge in [-0.05, 0) is 25.7 Å². The molecular weight excluding hydrogens is 344 g/mol. The summed E-state index contributed by atoms with van der Waals surface area (Å²) in [5.74, 6) is 0. The highest BCUT2D eigenvalue weighted by molar-refractivity contribution is 5.11. The maximum absolute atomic E-state index is 11.7. The summed E-state index contributed by atoms with van der Waals surface area (Å²) in [5, 5.41) is 54.0. The minimum absolute atomic E-state index is 0.236. The van der Waals surface area contributed by atoms with Crippen LogP contribution in [0.1, 0.15) is 111 Å². The smallest absolute Gasteiger partial charge is 0.124 e. The van der Waals surface area contributed by atoms with Crippen molar-refractivity contribution < 1.29 is 25.5 Å². The van der Waals surface area contributed by atoms with Crippen LogP contribution in [0.3, 0.4) is 0 Å². The number of hydrogen-bond acceptors (Lipinski definition) is 5. The van der Waals surface area contributed by atoms with Crippen LogP contribution in [-0.4, -0.2) is 55.0 Å². The van der Waals surface area contributed by atoms with E-state index in [1.165, 1.54) is 0 Å². The molecule has 0 aromatic rings. The molecule has 0 amide bonds. The summed E-state index contributed by atoms with van der Waals surface area (Å²) >= 11 is 0. The molecule has 3 unspecified atom stereocenters. The molecule has 0 aliphatic heterocycles. The number of aliphatic hydroxyl groups excluding tert-OH is 2. The van der Waals surface area contributed by atoms with Crippen molar-refractivity contribution in [3.8, 4) is 0 Å². The van der Waals surface area contributed by atoms with E-state index in [1.54, 1.807) is 0 Å². The Bertz CT molecular complexity index is 350. The lowest BCUT2D eigenvalue weighted by Gasteiger charge is -2.53. The Balaban J connectivity index is 5.66. The molecule has 0 radical (unpaired) electrons. The SMILES string of the molecule is CCCCCCC(O)(CC)C(O)(CC(O)CO)C(O)(CC)CCCCCC. The molecule has 0 rings (SSSR count). The molecule has 3 atom stereocenters. The molecule has 164 valence electrons. The molecule has 0 bridgehead atoms. The van der Waals surface area contributed by atoms with E-state index in [0.29, 0.717) is 12.8 Å². The molecule has 5 nitrogen and oxygen atoms in total. The third-order valence-electron chi connectivity index (χ3n) is 6.34. The quantitative estimate of drug-likeness (QED) is 0.244. The van der Waals surface area contributed by atoms with Gasteiger partial charge in [-0.2, -0.15) is 0 Å². The van der Waals surface area contributed by atoms with Crippen molar-refractivity contribution in [2.24, 2.45) is 0 Å². The average molecular weight is 391 g/mol. The minimum Gasteiger partial charge on any atom is -0.394 e. The predicted molar refractivity (Wildman–Crippen MR) is 111 cm³/mol. The van der Waals surface area contributed by atoms with Gasteiger partial charge >= 0.3 is 0 Å². The van der Waals surface area contributed by atoms with E-state index in [0.717, 1.165) is 51.4 Å². The lowest BCUT2D eigenvalue weighted by atomic mass is 9.62. The molecule has 0 heterocycles. The molecule has 0 aromatic carbocycles. The van der Waals surface area contributed by atoms with Gasteiger partial charge in [-0.15, -0.1) is 0 Å². The first-order chi connectivity index (χ1) is 12.7. The number of hydrogen-bond donors (Lipinski definition) is 5. The maximum Gasteiger partial charge on any atom is 0.124 e. The predicted octanol–water partition coefficient (Wildman–Crippen LogP) is 3.68. The summed E-state index contributed by atoms with van der Waals surface area (Å²) < 4.78 is 0. The summed E-state index contributed by atoms with van der Waals surface area (Å²) in [6, 6.07) is 0. The Morgan fingerprint density at radius 2 is 1.07 bits per heavy atom. The second-order valence-electron chi connectivity index (χ2n) is 8.29. The molecule has 5 heteroatoms. The zero-order valence-corrected chi connectivity index (χ0v) is 18.2. The summed E-state index contributed by atoms with van der Waals surface area (Å²) in [7, 11) is 0. The van der Waals surface area contributed by atoms with Crippen LogP contribution in [-0.2, 0) is 0 Å². The summed E-state index contributed by atoms with van der Waals surface area (Å²) in [4.78, 5) is 0. The Labute approximate surface area is 166 Å². The van der Waals surface area contributed by atoms with Crippen molar-refractivity contribution in [1.29, 1.82) is 0 Å². The van der Waals surface area contributed by atoms with E-state index in [1.807, 2.05) is 13.8 Å². The van der Waals surface area contributed by atoms with Crippen LogP contribution in [0.25, 0.3) is 0 Å². The van der Waals surface area contributed by atoms with Crippen LogP contribution < -0.4 is 0 Å². The van der Waals surface area contributed by atoms with Crippen LogP contribution in [0.15, 0.2) is 0 Å². The Kier molecular flexibility index (Phi) is 13.0. The van der Waals surface area contributed by atoms with E-state index in [4.69, 9.17) is 0 Å². The number of aliphatic hydroxyl groups is 5. The molecule has 0 aliphatic rings. The lowest BCUT2D eigenvalue weighted by Crippen LogP contribution is -2.68. The van der Waals surface area contributed by atoms with Crippen LogP contribution >= 0.6 is 0 Å². The van der Waals surface area contributed by atoms with E-state index in [-0.39, 0.29) is 19.3 Å². The normalized spacial score (nSPS) is 19.9. The Morgan fingerprint density at radius 1 is 0.667 bits per heavy atom. The second-order valence-corrected chi connectivity index (χ2v) is 8.29. The summed E-state index contributed by atoms with van der Waals surface area (Å²) in [6.45, 7) is 7.35. The maximum atomic E-state index is 11.7. The van der Waals surface area contributed by atoms with Gasteiger partial charge in [-0.1, -0.05) is 79.1 Å². The third kappa shape index (κ3) is 7.28. The highest BCUT2D eigenvalue weighted by Gasteiger charge is 2.59. The van der Waals surface area contributed by atoms with Gasteiger partial charge < -0.3 is 25.5 Å². The largest absolute Gasteiger partial charge is 0.394 e. The van der Waals surface area contributed by atoms with Crippen LogP contribution in [0, 0.1) is 0 Å². The van der Waals surface area contributed by atoms with Crippen molar-refractivity contribution in [3.63, 3.8) is 0 Å². The molecule has 27 heavy (non-hydrogen) atoms. The third-order valence-corrected chi connectivity index (χ3v) is 6.34. The molecule has 0 saturated heterocycles. The van der Waals surface area contributed by atoms with E-state index < -0.39 is 29.5 Å². The zero-order valence-electron chi connectivity index (χ0n) is 18.2. The van der Waals surface area contributed by atoms with Gasteiger partial charge in [0.2, 0.25) is 0 Å². The lowest BCUT2D eigenvalue weighted by molar-refractivity contribution is -0.265. The fourth-order valence-electron chi connectivity index (χ4n) is 4.26. The van der Waals surface area contributed by atoms with Gasteiger partial charge in [0.1, 0.15) is 5.60 Å². The van der Waals surface area contributed by atoms with Crippen molar-refractivity contribution in [1.82, 2.24) is 0 Å². The summed E-state index contributed by atoms with van der Waals surface area (Å²) in [5.41, 5.74) is -4.89.